The van der Waals surface area contributed by atoms with E-state index in [1.807, 2.05) is 18.2 Å². The lowest BCUT2D eigenvalue weighted by atomic mass is 9.78. The maximum Gasteiger partial charge on any atom is 0.315 e. The Morgan fingerprint density at radius 2 is 1.46 bits per heavy atom. The molecule has 152 valence electrons. The van der Waals surface area contributed by atoms with Gasteiger partial charge in [-0.25, -0.2) is 0 Å². The van der Waals surface area contributed by atoms with Gasteiger partial charge in [-0.15, -0.1) is 11.8 Å². The van der Waals surface area contributed by atoms with Gasteiger partial charge in [-0.2, -0.15) is 0 Å². The van der Waals surface area contributed by atoms with E-state index in [2.05, 4.69) is 65.8 Å². The van der Waals surface area contributed by atoms with E-state index < -0.39 is 0 Å². The van der Waals surface area contributed by atoms with Crippen LogP contribution in [-0.2, 0) is 20.4 Å². The maximum absolute atomic E-state index is 11.8. The fourth-order valence-electron chi connectivity index (χ4n) is 3.17. The molecule has 0 fully saturated rings. The van der Waals surface area contributed by atoms with E-state index in [1.165, 1.54) is 7.11 Å². The van der Waals surface area contributed by atoms with E-state index in [1.54, 1.807) is 11.8 Å². The first-order valence-corrected chi connectivity index (χ1v) is 10.6. The van der Waals surface area contributed by atoms with Crippen LogP contribution in [0.3, 0.4) is 0 Å². The van der Waals surface area contributed by atoms with Gasteiger partial charge in [-0.05, 0) is 33.1 Å². The smallest absolute Gasteiger partial charge is 0.315 e. The Morgan fingerprint density at radius 3 is 1.89 bits per heavy atom. The Hall–Kier alpha value is -1.94. The lowest BCUT2D eigenvalue weighted by molar-refractivity contribution is -0.137. The number of ether oxygens (including phenoxy) is 1. The lowest BCUT2D eigenvalue weighted by Crippen LogP contribution is -2.18. The number of hydrogen-bond donors (Lipinski definition) is 1. The largest absolute Gasteiger partial charge is 0.507 e. The van der Waals surface area contributed by atoms with Crippen LogP contribution in [0.1, 0.15) is 69.0 Å². The quantitative estimate of drug-likeness (QED) is 0.627. The van der Waals surface area contributed by atoms with Crippen molar-refractivity contribution >= 4 is 17.7 Å². The number of benzene rings is 2. The third-order valence-electron chi connectivity index (χ3n) is 4.75. The van der Waals surface area contributed by atoms with Crippen molar-refractivity contribution in [1.82, 2.24) is 0 Å². The van der Waals surface area contributed by atoms with Crippen LogP contribution >= 0.6 is 11.8 Å². The number of methoxy groups -OCH3 is 1. The van der Waals surface area contributed by atoms with Crippen LogP contribution < -0.4 is 0 Å². The van der Waals surface area contributed by atoms with Crippen molar-refractivity contribution in [3.8, 4) is 5.75 Å². The third-order valence-corrected chi connectivity index (χ3v) is 6.03. The molecular weight excluding hydrogens is 368 g/mol. The van der Waals surface area contributed by atoms with E-state index >= 15 is 0 Å². The molecule has 4 heteroatoms. The lowest BCUT2D eigenvalue weighted by Gasteiger charge is -2.30. The van der Waals surface area contributed by atoms with Crippen molar-refractivity contribution in [2.24, 2.45) is 0 Å². The van der Waals surface area contributed by atoms with Gasteiger partial charge in [0.05, 0.1) is 18.1 Å². The van der Waals surface area contributed by atoms with Crippen molar-refractivity contribution in [3.63, 3.8) is 0 Å². The van der Waals surface area contributed by atoms with Crippen molar-refractivity contribution in [2.75, 3.05) is 12.9 Å². The fourth-order valence-corrected chi connectivity index (χ4v) is 4.27. The molecule has 2 aromatic rings. The highest BCUT2D eigenvalue weighted by molar-refractivity contribution is 8.00. The fraction of sp³-hybridized carbons (Fsp3) is 0.458. The highest BCUT2D eigenvalue weighted by Crippen LogP contribution is 2.44. The summed E-state index contributed by atoms with van der Waals surface area (Å²) in [7, 11) is 1.41. The summed E-state index contributed by atoms with van der Waals surface area (Å²) in [6.07, 6.45) is 0. The number of phenols is 1. The SMILES string of the molecule is COC(=O)CSC(c1ccccc1)c1cc(C(C)(C)C)c(O)c(C(C)(C)C)c1. The summed E-state index contributed by atoms with van der Waals surface area (Å²) < 4.78 is 4.85. The van der Waals surface area contributed by atoms with E-state index in [-0.39, 0.29) is 27.8 Å². The second kappa shape index (κ2) is 8.60. The van der Waals surface area contributed by atoms with Gasteiger partial charge in [0, 0.05) is 0 Å². The zero-order valence-electron chi connectivity index (χ0n) is 18.0. The van der Waals surface area contributed by atoms with Crippen LogP contribution in [0.4, 0.5) is 0 Å². The number of carbonyl (C=O) groups excluding carboxylic acids is 1. The predicted molar refractivity (Wildman–Crippen MR) is 118 cm³/mol. The van der Waals surface area contributed by atoms with Gasteiger partial charge in [0.25, 0.3) is 0 Å². The zero-order chi connectivity index (χ0) is 21.1. The van der Waals surface area contributed by atoms with Gasteiger partial charge in [0.1, 0.15) is 5.75 Å². The molecule has 0 spiro atoms. The van der Waals surface area contributed by atoms with Gasteiger partial charge in [0.2, 0.25) is 0 Å². The Kier molecular flexibility index (Phi) is 6.87. The number of phenolic OH excluding ortho intramolecular Hbond substituents is 1. The molecule has 3 nitrogen and oxygen atoms in total. The normalized spacial score (nSPS) is 13.2. The molecule has 1 atom stereocenters. The van der Waals surface area contributed by atoms with E-state index in [4.69, 9.17) is 4.74 Å². The molecule has 0 saturated heterocycles. The number of esters is 1. The molecule has 0 saturated carbocycles. The molecule has 2 aromatic carbocycles. The van der Waals surface area contributed by atoms with Crippen LogP contribution in [0.5, 0.6) is 5.75 Å². The summed E-state index contributed by atoms with van der Waals surface area (Å²) in [6, 6.07) is 14.3. The second-order valence-corrected chi connectivity index (χ2v) is 10.2. The summed E-state index contributed by atoms with van der Waals surface area (Å²) >= 11 is 1.55. The molecule has 0 heterocycles. The molecule has 1 unspecified atom stereocenters. The molecule has 28 heavy (non-hydrogen) atoms. The molecule has 0 aliphatic carbocycles. The minimum absolute atomic E-state index is 0.0249. The van der Waals surface area contributed by atoms with Crippen LogP contribution in [-0.4, -0.2) is 23.9 Å². The minimum Gasteiger partial charge on any atom is -0.507 e. The second-order valence-electron chi connectivity index (χ2n) is 9.14. The highest BCUT2D eigenvalue weighted by Gasteiger charge is 2.29. The molecule has 1 N–H and O–H groups in total. The molecular formula is C24H32O3S. The van der Waals surface area contributed by atoms with E-state index in [0.29, 0.717) is 5.75 Å². The topological polar surface area (TPSA) is 46.5 Å². The average molecular weight is 401 g/mol. The Bertz CT molecular complexity index is 779. The molecule has 0 radical (unpaired) electrons. The first-order chi connectivity index (χ1) is 12.9. The minimum atomic E-state index is -0.239. The summed E-state index contributed by atoms with van der Waals surface area (Å²) in [5, 5.41) is 11.0. The highest BCUT2D eigenvalue weighted by atomic mass is 32.2. The number of rotatable bonds is 5. The number of carbonyl (C=O) groups is 1. The van der Waals surface area contributed by atoms with E-state index in [0.717, 1.165) is 22.3 Å². The maximum atomic E-state index is 11.8. The van der Waals surface area contributed by atoms with Gasteiger partial charge >= 0.3 is 5.97 Å². The summed E-state index contributed by atoms with van der Waals surface area (Å²) in [6.45, 7) is 12.7. The summed E-state index contributed by atoms with van der Waals surface area (Å²) in [4.78, 5) is 11.8. The first kappa shape index (κ1) is 22.4. The van der Waals surface area contributed by atoms with E-state index in [9.17, 15) is 9.90 Å². The van der Waals surface area contributed by atoms with Crippen molar-refractivity contribution in [1.29, 1.82) is 0 Å². The van der Waals surface area contributed by atoms with Crippen molar-refractivity contribution in [3.05, 3.63) is 64.7 Å². The van der Waals surface area contributed by atoms with Crippen molar-refractivity contribution in [2.45, 2.75) is 57.6 Å². The van der Waals surface area contributed by atoms with Crippen LogP contribution in [0.25, 0.3) is 0 Å². The molecule has 0 aromatic heterocycles. The zero-order valence-corrected chi connectivity index (χ0v) is 18.8. The van der Waals surface area contributed by atoms with Crippen LogP contribution in [0.2, 0.25) is 0 Å². The van der Waals surface area contributed by atoms with Crippen molar-refractivity contribution < 1.29 is 14.6 Å². The monoisotopic (exact) mass is 400 g/mol. The third kappa shape index (κ3) is 5.32. The van der Waals surface area contributed by atoms with Crippen LogP contribution in [0.15, 0.2) is 42.5 Å². The molecule has 0 amide bonds. The standard InChI is InChI=1S/C24H32O3S/c1-23(2,3)18-13-17(14-19(21(18)26)24(4,5)6)22(28-15-20(25)27-7)16-11-9-8-10-12-16/h8-14,22,26H,15H2,1-7H3. The van der Waals surface area contributed by atoms with Gasteiger partial charge in [0.15, 0.2) is 0 Å². The van der Waals surface area contributed by atoms with Gasteiger partial charge < -0.3 is 9.84 Å². The number of thioether (sulfide) groups is 1. The first-order valence-electron chi connectivity index (χ1n) is 9.56. The Morgan fingerprint density at radius 1 is 0.964 bits per heavy atom. The predicted octanol–water partition coefficient (Wildman–Crippen LogP) is 5.98. The number of aromatic hydroxyl groups is 1. The van der Waals surface area contributed by atoms with Gasteiger partial charge in [-0.1, -0.05) is 84.0 Å². The van der Waals surface area contributed by atoms with Gasteiger partial charge in [-0.3, -0.25) is 4.79 Å². The molecule has 0 aliphatic heterocycles. The summed E-state index contributed by atoms with van der Waals surface area (Å²) in [5.74, 6) is 0.400. The Balaban J connectivity index is 2.66. The van der Waals surface area contributed by atoms with Crippen LogP contribution in [0, 0.1) is 0 Å². The number of hydrogen-bond acceptors (Lipinski definition) is 4. The molecule has 0 bridgehead atoms. The average Bonchev–Trinajstić information content (AvgIpc) is 2.61. The summed E-state index contributed by atoms with van der Waals surface area (Å²) in [5.41, 5.74) is 3.67. The molecule has 2 rings (SSSR count). The Labute approximate surface area is 173 Å². The molecule has 0 aliphatic rings.